The summed E-state index contributed by atoms with van der Waals surface area (Å²) < 4.78 is 40.1. The lowest BCUT2D eigenvalue weighted by molar-refractivity contribution is -0.274. The number of aromatic nitrogens is 2. The maximum atomic E-state index is 12.1. The van der Waals surface area contributed by atoms with E-state index in [-0.39, 0.29) is 17.3 Å². The average Bonchev–Trinajstić information content (AvgIpc) is 2.46. The molecule has 9 heteroatoms. The molecular formula is C14H13F3N4O2. The topological polar surface area (TPSA) is 90.1 Å². The molecule has 1 heterocycles. The Morgan fingerprint density at radius 1 is 1.22 bits per heavy atom. The number of amides is 1. The van der Waals surface area contributed by atoms with E-state index in [9.17, 15) is 18.0 Å². The molecule has 1 amide bonds. The lowest BCUT2D eigenvalue weighted by atomic mass is 10.1. The highest BCUT2D eigenvalue weighted by molar-refractivity contribution is 5.96. The maximum absolute atomic E-state index is 12.1. The summed E-state index contributed by atoms with van der Waals surface area (Å²) in [7, 11) is 0. The van der Waals surface area contributed by atoms with Crippen LogP contribution in [-0.2, 0) is 0 Å². The highest BCUT2D eigenvalue weighted by Gasteiger charge is 2.31. The van der Waals surface area contributed by atoms with E-state index in [1.165, 1.54) is 36.7 Å². The molecule has 0 saturated carbocycles. The number of anilines is 1. The largest absolute Gasteiger partial charge is 0.573 e. The zero-order valence-corrected chi connectivity index (χ0v) is 12.0. The van der Waals surface area contributed by atoms with Gasteiger partial charge in [-0.15, -0.1) is 13.2 Å². The minimum absolute atomic E-state index is 0.00822. The van der Waals surface area contributed by atoms with Gasteiger partial charge in [-0.3, -0.25) is 4.79 Å². The van der Waals surface area contributed by atoms with Gasteiger partial charge in [0.25, 0.3) is 5.91 Å². The Bertz CT molecular complexity index is 689. The number of alkyl halides is 3. The first-order valence-electron chi connectivity index (χ1n) is 6.49. The summed E-state index contributed by atoms with van der Waals surface area (Å²) in [6, 6.07) is 4.71. The van der Waals surface area contributed by atoms with Crippen LogP contribution in [0.3, 0.4) is 0 Å². The zero-order chi connectivity index (χ0) is 17.0. The molecule has 3 N–H and O–H groups in total. The van der Waals surface area contributed by atoms with Crippen LogP contribution in [0, 0.1) is 0 Å². The van der Waals surface area contributed by atoms with E-state index < -0.39 is 18.3 Å². The molecule has 0 radical (unpaired) electrons. The molecule has 0 saturated heterocycles. The quantitative estimate of drug-likeness (QED) is 0.901. The van der Waals surface area contributed by atoms with Gasteiger partial charge in [0.15, 0.2) is 11.5 Å². The SMILES string of the molecule is CC(NC(=O)c1nccnc1N)c1ccc(OC(F)(F)F)cc1. The molecule has 0 aliphatic carbocycles. The maximum Gasteiger partial charge on any atom is 0.573 e. The molecule has 122 valence electrons. The van der Waals surface area contributed by atoms with Crippen molar-refractivity contribution >= 4 is 11.7 Å². The Hall–Kier alpha value is -2.84. The number of ether oxygens (including phenoxy) is 1. The van der Waals surface area contributed by atoms with Crippen LogP contribution >= 0.6 is 0 Å². The van der Waals surface area contributed by atoms with Crippen molar-refractivity contribution in [3.05, 3.63) is 47.9 Å². The van der Waals surface area contributed by atoms with Crippen molar-refractivity contribution in [2.24, 2.45) is 0 Å². The number of rotatable bonds is 4. The fourth-order valence-electron chi connectivity index (χ4n) is 1.83. The first-order valence-corrected chi connectivity index (χ1v) is 6.49. The van der Waals surface area contributed by atoms with Crippen molar-refractivity contribution in [1.29, 1.82) is 0 Å². The van der Waals surface area contributed by atoms with Crippen molar-refractivity contribution in [3.63, 3.8) is 0 Å². The summed E-state index contributed by atoms with van der Waals surface area (Å²) in [6.45, 7) is 1.67. The number of nitrogen functional groups attached to an aromatic ring is 1. The van der Waals surface area contributed by atoms with E-state index >= 15 is 0 Å². The summed E-state index contributed by atoms with van der Waals surface area (Å²) in [5.74, 6) is -0.872. The Labute approximate surface area is 129 Å². The van der Waals surface area contributed by atoms with E-state index in [1.54, 1.807) is 6.92 Å². The van der Waals surface area contributed by atoms with E-state index in [0.29, 0.717) is 5.56 Å². The molecule has 1 aromatic carbocycles. The molecule has 0 spiro atoms. The standard InChI is InChI=1S/C14H13F3N4O2/c1-8(21-13(22)11-12(18)20-7-6-19-11)9-2-4-10(5-3-9)23-14(15,16)17/h2-8H,1H3,(H2,18,20)(H,21,22). The fourth-order valence-corrected chi connectivity index (χ4v) is 1.83. The van der Waals surface area contributed by atoms with Crippen LogP contribution in [0.4, 0.5) is 19.0 Å². The van der Waals surface area contributed by atoms with E-state index in [2.05, 4.69) is 20.0 Å². The van der Waals surface area contributed by atoms with Gasteiger partial charge < -0.3 is 15.8 Å². The summed E-state index contributed by atoms with van der Waals surface area (Å²) >= 11 is 0. The summed E-state index contributed by atoms with van der Waals surface area (Å²) in [4.78, 5) is 19.6. The van der Waals surface area contributed by atoms with Crippen LogP contribution in [0.25, 0.3) is 0 Å². The second kappa shape index (κ2) is 6.51. The van der Waals surface area contributed by atoms with Crippen molar-refractivity contribution in [3.8, 4) is 5.75 Å². The van der Waals surface area contributed by atoms with Gasteiger partial charge in [0, 0.05) is 12.4 Å². The van der Waals surface area contributed by atoms with E-state index in [1.807, 2.05) is 0 Å². The Morgan fingerprint density at radius 2 is 1.83 bits per heavy atom. The monoisotopic (exact) mass is 326 g/mol. The van der Waals surface area contributed by atoms with Gasteiger partial charge in [0.05, 0.1) is 6.04 Å². The van der Waals surface area contributed by atoms with Crippen molar-refractivity contribution in [2.45, 2.75) is 19.3 Å². The molecule has 1 unspecified atom stereocenters. The first-order chi connectivity index (χ1) is 10.8. The van der Waals surface area contributed by atoms with Crippen LogP contribution in [-0.4, -0.2) is 22.2 Å². The highest BCUT2D eigenvalue weighted by atomic mass is 19.4. The van der Waals surface area contributed by atoms with Crippen molar-refractivity contribution in [1.82, 2.24) is 15.3 Å². The zero-order valence-electron chi connectivity index (χ0n) is 12.0. The molecule has 0 aliphatic rings. The molecule has 0 aliphatic heterocycles. The number of nitrogens with two attached hydrogens (primary N) is 1. The highest BCUT2D eigenvalue weighted by Crippen LogP contribution is 2.24. The molecule has 23 heavy (non-hydrogen) atoms. The predicted octanol–water partition coefficient (Wildman–Crippen LogP) is 2.45. The third-order valence-corrected chi connectivity index (χ3v) is 2.90. The van der Waals surface area contributed by atoms with Gasteiger partial charge in [-0.25, -0.2) is 9.97 Å². The van der Waals surface area contributed by atoms with Gasteiger partial charge in [0.1, 0.15) is 5.75 Å². The molecule has 1 atom stereocenters. The van der Waals surface area contributed by atoms with Gasteiger partial charge in [-0.05, 0) is 24.6 Å². The summed E-state index contributed by atoms with van der Waals surface area (Å²) in [5.41, 5.74) is 6.13. The van der Waals surface area contributed by atoms with Crippen molar-refractivity contribution < 1.29 is 22.7 Å². The molecular weight excluding hydrogens is 313 g/mol. The molecule has 0 bridgehead atoms. The van der Waals surface area contributed by atoms with Gasteiger partial charge in [-0.1, -0.05) is 12.1 Å². The third kappa shape index (κ3) is 4.56. The molecule has 2 aromatic rings. The van der Waals surface area contributed by atoms with Crippen LogP contribution in [0.2, 0.25) is 0 Å². The summed E-state index contributed by atoms with van der Waals surface area (Å²) in [6.07, 6.45) is -2.06. The Kier molecular flexibility index (Phi) is 4.68. The average molecular weight is 326 g/mol. The first kappa shape index (κ1) is 16.5. The number of hydrogen-bond acceptors (Lipinski definition) is 5. The Balaban J connectivity index is 2.05. The number of nitrogens with zero attached hydrogens (tertiary/aromatic N) is 2. The second-order valence-corrected chi connectivity index (χ2v) is 4.60. The molecule has 2 rings (SSSR count). The lowest BCUT2D eigenvalue weighted by Crippen LogP contribution is -2.28. The number of benzene rings is 1. The van der Waals surface area contributed by atoms with Crippen LogP contribution in [0.15, 0.2) is 36.7 Å². The predicted molar refractivity (Wildman–Crippen MR) is 75.5 cm³/mol. The number of carbonyl (C=O) groups excluding carboxylic acids is 1. The third-order valence-electron chi connectivity index (χ3n) is 2.90. The number of nitrogens with one attached hydrogen (secondary N) is 1. The lowest BCUT2D eigenvalue weighted by Gasteiger charge is -2.15. The minimum atomic E-state index is -4.75. The molecule has 0 fully saturated rings. The van der Waals surface area contributed by atoms with Gasteiger partial charge in [-0.2, -0.15) is 0 Å². The van der Waals surface area contributed by atoms with Crippen LogP contribution in [0.5, 0.6) is 5.75 Å². The van der Waals surface area contributed by atoms with Gasteiger partial charge >= 0.3 is 6.36 Å². The number of halogens is 3. The van der Waals surface area contributed by atoms with Crippen LogP contribution < -0.4 is 15.8 Å². The number of hydrogen-bond donors (Lipinski definition) is 2. The Morgan fingerprint density at radius 3 is 2.39 bits per heavy atom. The minimum Gasteiger partial charge on any atom is -0.406 e. The molecule has 6 nitrogen and oxygen atoms in total. The molecule has 1 aromatic heterocycles. The van der Waals surface area contributed by atoms with Crippen LogP contribution in [0.1, 0.15) is 29.0 Å². The van der Waals surface area contributed by atoms with Gasteiger partial charge in [0.2, 0.25) is 0 Å². The summed E-state index contributed by atoms with van der Waals surface area (Å²) in [5, 5.41) is 2.64. The second-order valence-electron chi connectivity index (χ2n) is 4.60. The van der Waals surface area contributed by atoms with E-state index in [4.69, 9.17) is 5.73 Å². The van der Waals surface area contributed by atoms with Crippen molar-refractivity contribution in [2.75, 3.05) is 5.73 Å². The smallest absolute Gasteiger partial charge is 0.406 e. The fraction of sp³-hybridized carbons (Fsp3) is 0.214. The normalized spacial score (nSPS) is 12.5. The van der Waals surface area contributed by atoms with E-state index in [0.717, 1.165) is 0 Å². The number of carbonyl (C=O) groups is 1.